The number of hydrogen-bond acceptors (Lipinski definition) is 3. The molecule has 0 spiro atoms. The van der Waals surface area contributed by atoms with Crippen molar-refractivity contribution in [1.29, 1.82) is 0 Å². The van der Waals surface area contributed by atoms with E-state index in [4.69, 9.17) is 10.5 Å². The molecule has 0 aliphatic heterocycles. The molecular weight excluding hydrogens is 209 g/mol. The minimum absolute atomic E-state index is 0.0349. The maximum absolute atomic E-state index is 12.9. The number of Topliss-reactive ketones (excluding diaryl/α,β-unsaturated/α-hetero) is 1. The van der Waals surface area contributed by atoms with Crippen LogP contribution in [0.1, 0.15) is 11.1 Å². The molecule has 1 aromatic rings. The largest absolute Gasteiger partial charge is 0.372 e. The van der Waals surface area contributed by atoms with Crippen molar-refractivity contribution in [2.24, 2.45) is 5.73 Å². The molecule has 0 bridgehead atoms. The Balaban J connectivity index is 2.52. The quantitative estimate of drug-likeness (QED) is 0.741. The lowest BCUT2D eigenvalue weighted by molar-refractivity contribution is -0.122. The molecule has 0 radical (unpaired) electrons. The van der Waals surface area contributed by atoms with E-state index in [9.17, 15) is 9.18 Å². The summed E-state index contributed by atoms with van der Waals surface area (Å²) in [7, 11) is 0. The Morgan fingerprint density at radius 3 is 2.94 bits per heavy atom. The molecule has 4 heteroatoms. The number of ether oxygens (including phenoxy) is 1. The van der Waals surface area contributed by atoms with E-state index in [0.717, 1.165) is 5.56 Å². The standard InChI is InChI=1S/C12H16FNO2/c1-9-2-3-11(13)6-10(9)7-12(15)8-16-5-4-14/h2-3,6H,4-5,7-8,14H2,1H3. The van der Waals surface area contributed by atoms with Crippen LogP contribution in [0, 0.1) is 12.7 Å². The number of aryl methyl sites for hydroxylation is 1. The molecule has 1 rings (SSSR count). The fraction of sp³-hybridized carbons (Fsp3) is 0.417. The first-order valence-electron chi connectivity index (χ1n) is 5.18. The second kappa shape index (κ2) is 6.35. The van der Waals surface area contributed by atoms with Gasteiger partial charge in [0.15, 0.2) is 5.78 Å². The van der Waals surface area contributed by atoms with Crippen molar-refractivity contribution in [2.45, 2.75) is 13.3 Å². The van der Waals surface area contributed by atoms with Gasteiger partial charge in [0.05, 0.1) is 6.61 Å². The molecule has 3 nitrogen and oxygen atoms in total. The average molecular weight is 225 g/mol. The molecule has 88 valence electrons. The van der Waals surface area contributed by atoms with Gasteiger partial charge < -0.3 is 10.5 Å². The van der Waals surface area contributed by atoms with Crippen LogP contribution in [0.4, 0.5) is 4.39 Å². The van der Waals surface area contributed by atoms with Crippen molar-refractivity contribution in [3.63, 3.8) is 0 Å². The van der Waals surface area contributed by atoms with Crippen LogP contribution in [0.25, 0.3) is 0 Å². The van der Waals surface area contributed by atoms with Gasteiger partial charge in [-0.25, -0.2) is 4.39 Å². The number of halogens is 1. The lowest BCUT2D eigenvalue weighted by Crippen LogP contribution is -2.16. The summed E-state index contributed by atoms with van der Waals surface area (Å²) in [6, 6.07) is 4.43. The molecule has 16 heavy (non-hydrogen) atoms. The van der Waals surface area contributed by atoms with Crippen LogP contribution < -0.4 is 5.73 Å². The summed E-state index contributed by atoms with van der Waals surface area (Å²) < 4.78 is 18.0. The summed E-state index contributed by atoms with van der Waals surface area (Å²) in [4.78, 5) is 11.5. The first-order chi connectivity index (χ1) is 7.63. The summed E-state index contributed by atoms with van der Waals surface area (Å²) in [5, 5.41) is 0. The van der Waals surface area contributed by atoms with Crippen molar-refractivity contribution < 1.29 is 13.9 Å². The molecule has 0 unspecified atom stereocenters. The van der Waals surface area contributed by atoms with E-state index in [1.165, 1.54) is 12.1 Å². The molecule has 1 aromatic carbocycles. The number of benzene rings is 1. The molecule has 0 aliphatic carbocycles. The molecule has 0 amide bonds. The third kappa shape index (κ3) is 4.08. The van der Waals surface area contributed by atoms with E-state index >= 15 is 0 Å². The van der Waals surface area contributed by atoms with Crippen molar-refractivity contribution in [3.05, 3.63) is 35.1 Å². The summed E-state index contributed by atoms with van der Waals surface area (Å²) in [5.41, 5.74) is 6.85. The maximum Gasteiger partial charge on any atom is 0.162 e. The molecule has 0 aromatic heterocycles. The van der Waals surface area contributed by atoms with Gasteiger partial charge >= 0.3 is 0 Å². The zero-order chi connectivity index (χ0) is 12.0. The molecule has 0 saturated carbocycles. The van der Waals surface area contributed by atoms with Crippen molar-refractivity contribution in [1.82, 2.24) is 0 Å². The monoisotopic (exact) mass is 225 g/mol. The van der Waals surface area contributed by atoms with Gasteiger partial charge in [0.2, 0.25) is 0 Å². The first-order valence-corrected chi connectivity index (χ1v) is 5.18. The average Bonchev–Trinajstić information content (AvgIpc) is 2.24. The van der Waals surface area contributed by atoms with Gasteiger partial charge in [-0.2, -0.15) is 0 Å². The van der Waals surface area contributed by atoms with Crippen LogP contribution >= 0.6 is 0 Å². The zero-order valence-electron chi connectivity index (χ0n) is 9.33. The minimum Gasteiger partial charge on any atom is -0.372 e. The zero-order valence-corrected chi connectivity index (χ0v) is 9.33. The number of carbonyl (C=O) groups excluding carboxylic acids is 1. The fourth-order valence-corrected chi connectivity index (χ4v) is 1.36. The van der Waals surface area contributed by atoms with Crippen LogP contribution in [-0.2, 0) is 16.0 Å². The highest BCUT2D eigenvalue weighted by atomic mass is 19.1. The smallest absolute Gasteiger partial charge is 0.162 e. The third-order valence-corrected chi connectivity index (χ3v) is 2.22. The Kier molecular flexibility index (Phi) is 5.08. The molecular formula is C12H16FNO2. The summed E-state index contributed by atoms with van der Waals surface area (Å²) in [6.07, 6.45) is 0.203. The second-order valence-electron chi connectivity index (χ2n) is 3.63. The van der Waals surface area contributed by atoms with Crippen molar-refractivity contribution in [2.75, 3.05) is 19.8 Å². The van der Waals surface area contributed by atoms with Crippen LogP contribution in [0.3, 0.4) is 0 Å². The van der Waals surface area contributed by atoms with Gasteiger partial charge in [-0.1, -0.05) is 6.07 Å². The Bertz CT molecular complexity index is 366. The molecule has 0 atom stereocenters. The minimum atomic E-state index is -0.323. The lowest BCUT2D eigenvalue weighted by atomic mass is 10.0. The second-order valence-corrected chi connectivity index (χ2v) is 3.63. The number of rotatable bonds is 6. The first kappa shape index (κ1) is 12.8. The molecule has 0 fully saturated rings. The van der Waals surface area contributed by atoms with E-state index in [1.54, 1.807) is 6.07 Å². The number of nitrogens with two attached hydrogens (primary N) is 1. The number of ketones is 1. The SMILES string of the molecule is Cc1ccc(F)cc1CC(=O)COCCN. The summed E-state index contributed by atoms with van der Waals surface area (Å²) in [6.45, 7) is 2.65. The Morgan fingerprint density at radius 2 is 2.25 bits per heavy atom. The van der Waals surface area contributed by atoms with E-state index < -0.39 is 0 Å². The third-order valence-electron chi connectivity index (χ3n) is 2.22. The Labute approximate surface area is 94.4 Å². The summed E-state index contributed by atoms with van der Waals surface area (Å²) in [5.74, 6) is -0.390. The lowest BCUT2D eigenvalue weighted by Gasteiger charge is -2.05. The van der Waals surface area contributed by atoms with E-state index in [1.807, 2.05) is 6.92 Å². The molecule has 2 N–H and O–H groups in total. The van der Waals surface area contributed by atoms with Crippen LogP contribution in [0.15, 0.2) is 18.2 Å². The predicted molar refractivity (Wildman–Crippen MR) is 59.7 cm³/mol. The maximum atomic E-state index is 12.9. The Morgan fingerprint density at radius 1 is 1.50 bits per heavy atom. The van der Waals surface area contributed by atoms with Gasteiger partial charge in [0.1, 0.15) is 12.4 Å². The van der Waals surface area contributed by atoms with E-state index in [0.29, 0.717) is 18.7 Å². The van der Waals surface area contributed by atoms with Crippen LogP contribution in [0.5, 0.6) is 0 Å². The van der Waals surface area contributed by atoms with Gasteiger partial charge in [0, 0.05) is 13.0 Å². The van der Waals surface area contributed by atoms with Crippen molar-refractivity contribution >= 4 is 5.78 Å². The van der Waals surface area contributed by atoms with Crippen LogP contribution in [0.2, 0.25) is 0 Å². The molecule has 0 heterocycles. The number of hydrogen-bond donors (Lipinski definition) is 1. The highest BCUT2D eigenvalue weighted by Gasteiger charge is 2.07. The molecule has 0 aliphatic rings. The van der Waals surface area contributed by atoms with Gasteiger partial charge in [0.25, 0.3) is 0 Å². The van der Waals surface area contributed by atoms with E-state index in [-0.39, 0.29) is 24.6 Å². The topological polar surface area (TPSA) is 52.3 Å². The highest BCUT2D eigenvalue weighted by molar-refractivity contribution is 5.82. The Hall–Kier alpha value is -1.26. The van der Waals surface area contributed by atoms with Gasteiger partial charge in [-0.05, 0) is 30.2 Å². The van der Waals surface area contributed by atoms with Gasteiger partial charge in [-0.15, -0.1) is 0 Å². The normalized spacial score (nSPS) is 10.4. The van der Waals surface area contributed by atoms with Crippen molar-refractivity contribution in [3.8, 4) is 0 Å². The van der Waals surface area contributed by atoms with Crippen LogP contribution in [-0.4, -0.2) is 25.5 Å². The fourth-order valence-electron chi connectivity index (χ4n) is 1.36. The number of carbonyl (C=O) groups is 1. The summed E-state index contributed by atoms with van der Waals surface area (Å²) >= 11 is 0. The van der Waals surface area contributed by atoms with Gasteiger partial charge in [-0.3, -0.25) is 4.79 Å². The predicted octanol–water partition coefficient (Wildman–Crippen LogP) is 1.22. The molecule has 0 saturated heterocycles. The van der Waals surface area contributed by atoms with E-state index in [2.05, 4.69) is 0 Å². The highest BCUT2D eigenvalue weighted by Crippen LogP contribution is 2.11.